The molecule has 1 fully saturated rings. The number of hydrogen-bond donors (Lipinski definition) is 1. The second-order valence-corrected chi connectivity index (χ2v) is 9.13. The molecule has 4 nitrogen and oxygen atoms in total. The Kier molecular flexibility index (Phi) is 6.77. The van der Waals surface area contributed by atoms with Gasteiger partial charge in [0.15, 0.2) is 5.11 Å². The number of methoxy groups -OCH3 is 1. The summed E-state index contributed by atoms with van der Waals surface area (Å²) in [5.41, 5.74) is 4.34. The molecule has 0 aromatic heterocycles. The van der Waals surface area contributed by atoms with Crippen molar-refractivity contribution in [1.29, 1.82) is 0 Å². The van der Waals surface area contributed by atoms with Crippen LogP contribution in [0.3, 0.4) is 0 Å². The fraction of sp³-hybridized carbons (Fsp3) is 0.652. The van der Waals surface area contributed by atoms with Gasteiger partial charge in [-0.25, -0.2) is 0 Å². The molecule has 0 heterocycles. The number of ether oxygens (including phenoxy) is 1. The number of aryl methyl sites for hydroxylation is 1. The minimum Gasteiger partial charge on any atom is -0.381 e. The summed E-state index contributed by atoms with van der Waals surface area (Å²) in [7, 11) is 1.82. The first-order valence-corrected chi connectivity index (χ1v) is 11.0. The van der Waals surface area contributed by atoms with E-state index in [2.05, 4.69) is 30.4 Å². The summed E-state index contributed by atoms with van der Waals surface area (Å²) in [6.07, 6.45) is 8.92. The van der Waals surface area contributed by atoms with Crippen molar-refractivity contribution in [2.24, 2.45) is 5.41 Å². The van der Waals surface area contributed by atoms with Crippen LogP contribution in [0.2, 0.25) is 0 Å². The molecule has 1 spiro atoms. The number of fused-ring (bicyclic) bond motifs is 1. The highest BCUT2D eigenvalue weighted by Crippen LogP contribution is 2.54. The fourth-order valence-corrected chi connectivity index (χ4v) is 5.40. The van der Waals surface area contributed by atoms with Crippen molar-refractivity contribution < 1.29 is 9.53 Å². The van der Waals surface area contributed by atoms with Gasteiger partial charge in [0.05, 0.1) is 12.1 Å². The number of carbonyl (C=O) groups is 1. The monoisotopic (exact) mass is 402 g/mol. The number of nitrogens with zero attached hydrogens (tertiary/aromatic N) is 1. The van der Waals surface area contributed by atoms with Crippen molar-refractivity contribution in [2.75, 3.05) is 7.11 Å². The van der Waals surface area contributed by atoms with Crippen molar-refractivity contribution in [3.05, 3.63) is 34.9 Å². The molecule has 1 amide bonds. The van der Waals surface area contributed by atoms with Gasteiger partial charge >= 0.3 is 0 Å². The topological polar surface area (TPSA) is 41.6 Å². The van der Waals surface area contributed by atoms with E-state index in [9.17, 15) is 4.79 Å². The van der Waals surface area contributed by atoms with Gasteiger partial charge < -0.3 is 10.1 Å². The first-order valence-electron chi connectivity index (χ1n) is 10.6. The van der Waals surface area contributed by atoms with Crippen LogP contribution < -0.4 is 5.32 Å². The van der Waals surface area contributed by atoms with E-state index in [1.807, 2.05) is 21.0 Å². The summed E-state index contributed by atoms with van der Waals surface area (Å²) in [4.78, 5) is 13.2. The second-order valence-electron chi connectivity index (χ2n) is 8.75. The zero-order chi connectivity index (χ0) is 20.3. The molecule has 1 aromatic carbocycles. The van der Waals surface area contributed by atoms with E-state index in [0.29, 0.717) is 11.2 Å². The maximum Gasteiger partial charge on any atom is 0.216 e. The van der Waals surface area contributed by atoms with Gasteiger partial charge in [-0.2, -0.15) is 0 Å². The van der Waals surface area contributed by atoms with Crippen molar-refractivity contribution in [3.63, 3.8) is 0 Å². The molecule has 3 rings (SSSR count). The average Bonchev–Trinajstić information content (AvgIpc) is 2.96. The summed E-state index contributed by atoms with van der Waals surface area (Å²) in [6, 6.07) is 7.17. The molecule has 1 unspecified atom stereocenters. The highest BCUT2D eigenvalue weighted by atomic mass is 32.1. The highest BCUT2D eigenvalue weighted by molar-refractivity contribution is 7.80. The Morgan fingerprint density at radius 1 is 1.39 bits per heavy atom. The first kappa shape index (κ1) is 21.3. The standard InChI is InChI=1S/C23H34N2O2S/c1-5-6-17-7-8-18-14-23(11-9-19(27-4)10-12-23)21(20(18)13-17)24-22(28)25(15-26)16(2)3/h7-8,13,15-16,19,21H,5-6,9-12,14H2,1-4H3,(H,24,28). The Morgan fingerprint density at radius 2 is 2.11 bits per heavy atom. The summed E-state index contributed by atoms with van der Waals surface area (Å²) >= 11 is 5.66. The molecule has 5 heteroatoms. The summed E-state index contributed by atoms with van der Waals surface area (Å²) in [6.45, 7) is 6.20. The van der Waals surface area contributed by atoms with Gasteiger partial charge in [0.2, 0.25) is 6.41 Å². The first-order chi connectivity index (χ1) is 13.4. The maximum atomic E-state index is 11.6. The van der Waals surface area contributed by atoms with E-state index in [4.69, 9.17) is 17.0 Å². The molecule has 1 N–H and O–H groups in total. The number of carbonyl (C=O) groups excluding carboxylic acids is 1. The molecular formula is C23H34N2O2S. The van der Waals surface area contributed by atoms with Gasteiger partial charge in [-0.1, -0.05) is 31.5 Å². The number of amides is 1. The number of hydrogen-bond acceptors (Lipinski definition) is 3. The molecule has 28 heavy (non-hydrogen) atoms. The molecule has 1 atom stereocenters. The zero-order valence-electron chi connectivity index (χ0n) is 17.7. The van der Waals surface area contributed by atoms with E-state index in [1.54, 1.807) is 4.90 Å². The molecule has 0 radical (unpaired) electrons. The van der Waals surface area contributed by atoms with Gasteiger partial charge in [0, 0.05) is 13.2 Å². The summed E-state index contributed by atoms with van der Waals surface area (Å²) in [5.74, 6) is 0. The van der Waals surface area contributed by atoms with E-state index < -0.39 is 0 Å². The number of rotatable bonds is 6. The van der Waals surface area contributed by atoms with Gasteiger partial charge in [0.25, 0.3) is 0 Å². The van der Waals surface area contributed by atoms with E-state index in [-0.39, 0.29) is 17.5 Å². The van der Waals surface area contributed by atoms with Crippen molar-refractivity contribution in [3.8, 4) is 0 Å². The Morgan fingerprint density at radius 3 is 2.68 bits per heavy atom. The molecule has 1 saturated carbocycles. The average molecular weight is 403 g/mol. The van der Waals surface area contributed by atoms with Crippen molar-refractivity contribution in [1.82, 2.24) is 10.2 Å². The SMILES string of the molecule is CCCc1ccc2c(c1)C(NC(=S)N(C=O)C(C)C)C1(CCC(OC)CC1)C2. The molecule has 0 aliphatic heterocycles. The van der Waals surface area contributed by atoms with Crippen molar-refractivity contribution >= 4 is 23.7 Å². The van der Waals surface area contributed by atoms with Crippen LogP contribution in [-0.2, 0) is 22.4 Å². The molecule has 0 saturated heterocycles. The van der Waals surface area contributed by atoms with Crippen LogP contribution in [0, 0.1) is 5.41 Å². The van der Waals surface area contributed by atoms with Crippen LogP contribution >= 0.6 is 12.2 Å². The number of nitrogens with one attached hydrogen (secondary N) is 1. The third kappa shape index (κ3) is 4.11. The van der Waals surface area contributed by atoms with Gasteiger partial charge in [-0.3, -0.25) is 9.69 Å². The number of thiocarbonyl (C=S) groups is 1. The molecule has 2 aliphatic rings. The Bertz CT molecular complexity index is 711. The third-order valence-electron chi connectivity index (χ3n) is 6.65. The largest absolute Gasteiger partial charge is 0.381 e. The quantitative estimate of drug-likeness (QED) is 0.560. The lowest BCUT2D eigenvalue weighted by Crippen LogP contribution is -2.48. The summed E-state index contributed by atoms with van der Waals surface area (Å²) in [5, 5.41) is 4.15. The maximum absolute atomic E-state index is 11.6. The van der Waals surface area contributed by atoms with Crippen LogP contribution in [0.25, 0.3) is 0 Å². The summed E-state index contributed by atoms with van der Waals surface area (Å²) < 4.78 is 5.62. The predicted octanol–water partition coefficient (Wildman–Crippen LogP) is 4.55. The van der Waals surface area contributed by atoms with E-state index in [0.717, 1.165) is 51.4 Å². The Hall–Kier alpha value is -1.46. The van der Waals surface area contributed by atoms with E-state index >= 15 is 0 Å². The molecule has 154 valence electrons. The Balaban J connectivity index is 1.92. The Labute approximate surface area is 175 Å². The lowest BCUT2D eigenvalue weighted by atomic mass is 9.68. The van der Waals surface area contributed by atoms with Crippen LogP contribution in [0.5, 0.6) is 0 Å². The van der Waals surface area contributed by atoms with Gasteiger partial charge in [0.1, 0.15) is 0 Å². The molecule has 1 aromatic rings. The van der Waals surface area contributed by atoms with Gasteiger partial charge in [-0.05, 0) is 86.7 Å². The lowest BCUT2D eigenvalue weighted by molar-refractivity contribution is -0.115. The smallest absolute Gasteiger partial charge is 0.216 e. The fourth-order valence-electron chi connectivity index (χ4n) is 5.03. The normalized spacial score (nSPS) is 26.3. The van der Waals surface area contributed by atoms with E-state index in [1.165, 1.54) is 16.7 Å². The highest BCUT2D eigenvalue weighted by Gasteiger charge is 2.48. The lowest BCUT2D eigenvalue weighted by Gasteiger charge is -2.43. The number of benzene rings is 1. The van der Waals surface area contributed by atoms with Crippen LogP contribution in [0.1, 0.15) is 75.6 Å². The van der Waals surface area contributed by atoms with Crippen LogP contribution in [-0.4, -0.2) is 35.7 Å². The van der Waals surface area contributed by atoms with Crippen LogP contribution in [0.4, 0.5) is 0 Å². The molecule has 0 bridgehead atoms. The second kappa shape index (κ2) is 8.91. The zero-order valence-corrected chi connectivity index (χ0v) is 18.5. The predicted molar refractivity (Wildman–Crippen MR) is 117 cm³/mol. The molecular weight excluding hydrogens is 368 g/mol. The van der Waals surface area contributed by atoms with Crippen LogP contribution in [0.15, 0.2) is 18.2 Å². The minimum atomic E-state index is 0.0463. The van der Waals surface area contributed by atoms with Crippen molar-refractivity contribution in [2.45, 2.75) is 83.9 Å². The molecule has 2 aliphatic carbocycles. The van der Waals surface area contributed by atoms with Gasteiger partial charge in [-0.15, -0.1) is 0 Å². The third-order valence-corrected chi connectivity index (χ3v) is 6.98. The minimum absolute atomic E-state index is 0.0463.